The van der Waals surface area contributed by atoms with Gasteiger partial charge in [-0.05, 0) is 50.4 Å². The topological polar surface area (TPSA) is 73.9 Å². The Morgan fingerprint density at radius 1 is 0.931 bits per heavy atom. The zero-order valence-corrected chi connectivity index (χ0v) is 17.0. The first-order valence-corrected chi connectivity index (χ1v) is 9.90. The van der Waals surface area contributed by atoms with E-state index in [9.17, 15) is 9.59 Å². The Bertz CT molecular complexity index is 830. The molecule has 154 valence electrons. The van der Waals surface area contributed by atoms with E-state index in [4.69, 9.17) is 4.74 Å². The van der Waals surface area contributed by atoms with Crippen molar-refractivity contribution in [2.24, 2.45) is 0 Å². The molecule has 2 N–H and O–H groups in total. The maximum absolute atomic E-state index is 12.2. The summed E-state index contributed by atoms with van der Waals surface area (Å²) in [5.41, 5.74) is 2.38. The smallest absolute Gasteiger partial charge is 0.233 e. The van der Waals surface area contributed by atoms with Gasteiger partial charge in [0.1, 0.15) is 12.2 Å². The number of hydrogen-bond donors (Lipinski definition) is 2. The van der Waals surface area contributed by atoms with Crippen LogP contribution < -0.4 is 20.3 Å². The standard InChI is InChI=1S/C22H28N4O3/c1-3-29-20-7-5-4-6-19(20)24-22(28)16-21(27)23-17-8-10-18(11-9-17)26-14-12-25(2)13-15-26/h4-11H,3,12-16H2,1-2H3,(H,23,27)(H,24,28). The zero-order chi connectivity index (χ0) is 20.6. The van der Waals surface area contributed by atoms with Crippen LogP contribution in [-0.2, 0) is 9.59 Å². The molecule has 7 heteroatoms. The van der Waals surface area contributed by atoms with Crippen LogP contribution in [0.15, 0.2) is 48.5 Å². The van der Waals surface area contributed by atoms with Crippen LogP contribution >= 0.6 is 0 Å². The zero-order valence-electron chi connectivity index (χ0n) is 17.0. The number of hydrogen-bond acceptors (Lipinski definition) is 5. The van der Waals surface area contributed by atoms with Gasteiger partial charge in [-0.25, -0.2) is 0 Å². The Labute approximate surface area is 171 Å². The van der Waals surface area contributed by atoms with E-state index in [2.05, 4.69) is 27.5 Å². The highest BCUT2D eigenvalue weighted by atomic mass is 16.5. The van der Waals surface area contributed by atoms with Gasteiger partial charge in [0.2, 0.25) is 11.8 Å². The molecule has 2 amide bonds. The van der Waals surface area contributed by atoms with Crippen molar-refractivity contribution in [1.82, 2.24) is 4.90 Å². The number of carbonyl (C=O) groups is 2. The molecule has 1 fully saturated rings. The van der Waals surface area contributed by atoms with Crippen molar-refractivity contribution in [2.45, 2.75) is 13.3 Å². The largest absolute Gasteiger partial charge is 0.492 e. The molecule has 0 radical (unpaired) electrons. The van der Waals surface area contributed by atoms with Crippen molar-refractivity contribution in [3.8, 4) is 5.75 Å². The summed E-state index contributed by atoms with van der Waals surface area (Å²) in [4.78, 5) is 29.1. The monoisotopic (exact) mass is 396 g/mol. The number of benzene rings is 2. The van der Waals surface area contributed by atoms with E-state index in [1.165, 1.54) is 0 Å². The molecule has 0 aromatic heterocycles. The van der Waals surface area contributed by atoms with Crippen LogP contribution in [0.2, 0.25) is 0 Å². The molecule has 3 rings (SSSR count). The molecule has 0 saturated carbocycles. The lowest BCUT2D eigenvalue weighted by molar-refractivity contribution is -0.123. The van der Waals surface area contributed by atoms with Gasteiger partial charge in [0.15, 0.2) is 0 Å². The molecule has 1 heterocycles. The number of carbonyl (C=O) groups excluding carboxylic acids is 2. The van der Waals surface area contributed by atoms with Gasteiger partial charge in [-0.1, -0.05) is 12.1 Å². The molecule has 0 spiro atoms. The SMILES string of the molecule is CCOc1ccccc1NC(=O)CC(=O)Nc1ccc(N2CCN(C)CC2)cc1. The van der Waals surface area contributed by atoms with Gasteiger partial charge in [-0.15, -0.1) is 0 Å². The van der Waals surface area contributed by atoms with E-state index in [-0.39, 0.29) is 18.2 Å². The number of para-hydroxylation sites is 2. The summed E-state index contributed by atoms with van der Waals surface area (Å²) in [6.07, 6.45) is -0.263. The summed E-state index contributed by atoms with van der Waals surface area (Å²) in [5, 5.41) is 5.51. The molecule has 0 atom stereocenters. The second-order valence-corrected chi connectivity index (χ2v) is 7.04. The van der Waals surface area contributed by atoms with Crippen LogP contribution in [-0.4, -0.2) is 56.5 Å². The number of nitrogens with zero attached hydrogens (tertiary/aromatic N) is 2. The van der Waals surface area contributed by atoms with Crippen LogP contribution in [0.3, 0.4) is 0 Å². The Morgan fingerprint density at radius 2 is 1.59 bits per heavy atom. The van der Waals surface area contributed by atoms with E-state index < -0.39 is 0 Å². The molecule has 1 aliphatic rings. The third kappa shape index (κ3) is 5.96. The van der Waals surface area contributed by atoms with Gasteiger partial charge in [0.05, 0.1) is 12.3 Å². The predicted octanol–water partition coefficient (Wildman–Crippen LogP) is 2.80. The summed E-state index contributed by atoms with van der Waals surface area (Å²) in [5.74, 6) is -0.157. The number of anilines is 3. The fraction of sp³-hybridized carbons (Fsp3) is 0.364. The van der Waals surface area contributed by atoms with Gasteiger partial charge in [-0.3, -0.25) is 9.59 Å². The first-order chi connectivity index (χ1) is 14.0. The van der Waals surface area contributed by atoms with Crippen molar-refractivity contribution < 1.29 is 14.3 Å². The molecular weight excluding hydrogens is 368 g/mol. The fourth-order valence-electron chi connectivity index (χ4n) is 3.22. The van der Waals surface area contributed by atoms with Gasteiger partial charge in [-0.2, -0.15) is 0 Å². The molecule has 29 heavy (non-hydrogen) atoms. The number of likely N-dealkylation sites (N-methyl/N-ethyl adjacent to an activating group) is 1. The van der Waals surface area contributed by atoms with Crippen LogP contribution in [0.25, 0.3) is 0 Å². The minimum atomic E-state index is -0.385. The number of ether oxygens (including phenoxy) is 1. The lowest BCUT2D eigenvalue weighted by Gasteiger charge is -2.34. The van der Waals surface area contributed by atoms with Crippen LogP contribution in [0.5, 0.6) is 5.75 Å². The maximum Gasteiger partial charge on any atom is 0.233 e. The average Bonchev–Trinajstić information content (AvgIpc) is 2.71. The van der Waals surface area contributed by atoms with Crippen LogP contribution in [0.4, 0.5) is 17.1 Å². The van der Waals surface area contributed by atoms with E-state index >= 15 is 0 Å². The fourth-order valence-corrected chi connectivity index (χ4v) is 3.22. The normalized spacial score (nSPS) is 14.3. The molecule has 2 aromatic carbocycles. The summed E-state index contributed by atoms with van der Waals surface area (Å²) in [6.45, 7) is 6.44. The Hall–Kier alpha value is -3.06. The van der Waals surface area contributed by atoms with E-state index in [1.807, 2.05) is 37.3 Å². The summed E-state index contributed by atoms with van der Waals surface area (Å²) in [6, 6.07) is 14.9. The minimum absolute atomic E-state index is 0.263. The molecule has 0 bridgehead atoms. The van der Waals surface area contributed by atoms with Crippen LogP contribution in [0.1, 0.15) is 13.3 Å². The Morgan fingerprint density at radius 3 is 2.28 bits per heavy atom. The van der Waals surface area contributed by atoms with Crippen molar-refractivity contribution in [3.63, 3.8) is 0 Å². The van der Waals surface area contributed by atoms with Gasteiger partial charge in [0, 0.05) is 37.6 Å². The average molecular weight is 396 g/mol. The molecule has 7 nitrogen and oxygen atoms in total. The highest BCUT2D eigenvalue weighted by Crippen LogP contribution is 2.24. The highest BCUT2D eigenvalue weighted by Gasteiger charge is 2.15. The van der Waals surface area contributed by atoms with Crippen molar-refractivity contribution >= 4 is 28.9 Å². The molecule has 1 saturated heterocycles. The van der Waals surface area contributed by atoms with E-state index in [0.29, 0.717) is 23.7 Å². The molecule has 0 unspecified atom stereocenters. The first-order valence-electron chi connectivity index (χ1n) is 9.90. The lowest BCUT2D eigenvalue weighted by Crippen LogP contribution is -2.44. The highest BCUT2D eigenvalue weighted by molar-refractivity contribution is 6.08. The Kier molecular flexibility index (Phi) is 7.08. The molecule has 1 aliphatic heterocycles. The minimum Gasteiger partial charge on any atom is -0.492 e. The van der Waals surface area contributed by atoms with E-state index in [1.54, 1.807) is 18.2 Å². The molecular formula is C22H28N4O3. The number of piperazine rings is 1. The summed E-state index contributed by atoms with van der Waals surface area (Å²) >= 11 is 0. The van der Waals surface area contributed by atoms with Gasteiger partial charge in [0.25, 0.3) is 0 Å². The van der Waals surface area contributed by atoms with Crippen molar-refractivity contribution in [2.75, 3.05) is 55.4 Å². The predicted molar refractivity (Wildman–Crippen MR) is 116 cm³/mol. The third-order valence-electron chi connectivity index (χ3n) is 4.80. The van der Waals surface area contributed by atoms with E-state index in [0.717, 1.165) is 31.9 Å². The van der Waals surface area contributed by atoms with Gasteiger partial charge >= 0.3 is 0 Å². The third-order valence-corrected chi connectivity index (χ3v) is 4.80. The number of rotatable bonds is 7. The maximum atomic E-state index is 12.2. The number of nitrogens with one attached hydrogen (secondary N) is 2. The second kappa shape index (κ2) is 9.93. The lowest BCUT2D eigenvalue weighted by atomic mass is 10.2. The molecule has 0 aliphatic carbocycles. The molecule has 2 aromatic rings. The first kappa shape index (κ1) is 20.7. The van der Waals surface area contributed by atoms with Crippen LogP contribution in [0, 0.1) is 0 Å². The summed E-state index contributed by atoms with van der Waals surface area (Å²) in [7, 11) is 2.13. The number of amides is 2. The Balaban J connectivity index is 1.51. The van der Waals surface area contributed by atoms with Crippen molar-refractivity contribution in [3.05, 3.63) is 48.5 Å². The van der Waals surface area contributed by atoms with Gasteiger partial charge < -0.3 is 25.2 Å². The van der Waals surface area contributed by atoms with Crippen molar-refractivity contribution in [1.29, 1.82) is 0 Å². The summed E-state index contributed by atoms with van der Waals surface area (Å²) < 4.78 is 5.48. The quantitative estimate of drug-likeness (QED) is 0.704. The second-order valence-electron chi connectivity index (χ2n) is 7.04.